The van der Waals surface area contributed by atoms with Crippen LogP contribution < -0.4 is 10.3 Å². The van der Waals surface area contributed by atoms with Crippen LogP contribution in [0.15, 0.2) is 47.3 Å². The number of ether oxygens (including phenoxy) is 1. The van der Waals surface area contributed by atoms with E-state index >= 15 is 0 Å². The lowest BCUT2D eigenvalue weighted by atomic mass is 10.1. The van der Waals surface area contributed by atoms with E-state index in [1.165, 1.54) is 16.6 Å². The number of aliphatic hydroxyl groups excluding tert-OH is 1. The fourth-order valence-electron chi connectivity index (χ4n) is 3.31. The number of aliphatic hydroxyl groups is 1. The Balaban J connectivity index is 2.09. The molecule has 1 N–H and O–H groups in total. The van der Waals surface area contributed by atoms with E-state index in [1.807, 2.05) is 0 Å². The first-order chi connectivity index (χ1) is 12.7. The number of carbonyl (C=O) groups excluding carboxylic acids is 1. The molecule has 1 aliphatic rings. The Bertz CT molecular complexity index is 1070. The maximum atomic E-state index is 13.2. The lowest BCUT2D eigenvalue weighted by Gasteiger charge is -2.19. The first-order valence-corrected chi connectivity index (χ1v) is 8.24. The summed E-state index contributed by atoms with van der Waals surface area (Å²) in [7, 11) is 1.52. The molecule has 0 saturated carbocycles. The maximum absolute atomic E-state index is 13.2. The normalized spacial score (nSPS) is 13.3. The molecule has 0 fully saturated rings. The van der Waals surface area contributed by atoms with Gasteiger partial charge in [-0.3, -0.25) is 14.2 Å². The maximum Gasteiger partial charge on any atom is 0.266 e. The lowest BCUT2D eigenvalue weighted by molar-refractivity contribution is 0.0708. The number of hydrogen-bond donors (Lipinski definition) is 1. The molecule has 1 aliphatic heterocycles. The molecule has 26 heavy (non-hydrogen) atoms. The number of para-hydroxylation sites is 2. The fourth-order valence-corrected chi connectivity index (χ4v) is 3.31. The van der Waals surface area contributed by atoms with Crippen molar-refractivity contribution in [2.24, 2.45) is 0 Å². The predicted octanol–water partition coefficient (Wildman–Crippen LogP) is 1.34. The number of carbonyl (C=O) groups is 1. The van der Waals surface area contributed by atoms with Crippen molar-refractivity contribution < 1.29 is 14.6 Å². The smallest absolute Gasteiger partial charge is 0.266 e. The number of aromatic nitrogens is 2. The number of fused-ring (bicyclic) bond motifs is 4. The number of methoxy groups -OCH3 is 1. The van der Waals surface area contributed by atoms with Gasteiger partial charge in [0.25, 0.3) is 11.5 Å². The predicted molar refractivity (Wildman–Crippen MR) is 95.7 cm³/mol. The van der Waals surface area contributed by atoms with E-state index in [1.54, 1.807) is 42.5 Å². The number of amides is 1. The van der Waals surface area contributed by atoms with Gasteiger partial charge in [0.2, 0.25) is 0 Å². The molecule has 3 aromatic rings. The Morgan fingerprint density at radius 2 is 1.96 bits per heavy atom. The van der Waals surface area contributed by atoms with Crippen molar-refractivity contribution in [1.29, 1.82) is 0 Å². The summed E-state index contributed by atoms with van der Waals surface area (Å²) >= 11 is 0. The molecule has 0 aliphatic carbocycles. The molecule has 4 rings (SSSR count). The van der Waals surface area contributed by atoms with Crippen molar-refractivity contribution in [3.63, 3.8) is 0 Å². The summed E-state index contributed by atoms with van der Waals surface area (Å²) in [6.07, 6.45) is 0. The van der Waals surface area contributed by atoms with Crippen molar-refractivity contribution in [3.05, 3.63) is 64.2 Å². The Morgan fingerprint density at radius 1 is 1.15 bits per heavy atom. The highest BCUT2D eigenvalue weighted by molar-refractivity contribution is 5.98. The lowest BCUT2D eigenvalue weighted by Crippen LogP contribution is -2.33. The molecule has 0 atom stereocenters. The van der Waals surface area contributed by atoms with E-state index in [2.05, 4.69) is 4.98 Å². The molecular formula is C19H17N3O4. The molecule has 2 aromatic carbocycles. The largest absolute Gasteiger partial charge is 0.494 e. The summed E-state index contributed by atoms with van der Waals surface area (Å²) in [5.41, 5.74) is 1.11. The molecule has 132 valence electrons. The van der Waals surface area contributed by atoms with Gasteiger partial charge in [0.05, 0.1) is 36.9 Å². The van der Waals surface area contributed by atoms with Crippen LogP contribution in [0.1, 0.15) is 16.2 Å². The summed E-state index contributed by atoms with van der Waals surface area (Å²) in [4.78, 5) is 32.2. The standard InChI is InChI=1S/C19H17N3O4/c1-26-15-8-4-6-13-17(15)20-16-11-21(9-10-23)18(24)12-5-2-3-7-14(12)22(16)19(13)25/h2-8,23H,9-11H2,1H3. The van der Waals surface area contributed by atoms with Crippen LogP contribution in [0.3, 0.4) is 0 Å². The second kappa shape index (κ2) is 6.27. The molecule has 0 spiro atoms. The third-order valence-corrected chi connectivity index (χ3v) is 4.52. The minimum Gasteiger partial charge on any atom is -0.494 e. The molecule has 0 radical (unpaired) electrons. The van der Waals surface area contributed by atoms with Gasteiger partial charge in [-0.1, -0.05) is 18.2 Å². The summed E-state index contributed by atoms with van der Waals surface area (Å²) < 4.78 is 6.82. The molecule has 0 saturated heterocycles. The Kier molecular flexibility index (Phi) is 3.93. The number of β-amino-alcohol motifs (C(OH)–C–C–N with tert-alkyl or cyclic N) is 1. The molecule has 7 nitrogen and oxygen atoms in total. The first kappa shape index (κ1) is 16.3. The van der Waals surface area contributed by atoms with Crippen molar-refractivity contribution in [2.45, 2.75) is 6.54 Å². The second-order valence-electron chi connectivity index (χ2n) is 5.99. The highest BCUT2D eigenvalue weighted by Gasteiger charge is 2.28. The average molecular weight is 351 g/mol. The van der Waals surface area contributed by atoms with Gasteiger partial charge in [0.15, 0.2) is 0 Å². The molecule has 2 heterocycles. The average Bonchev–Trinajstić information content (AvgIpc) is 2.78. The van der Waals surface area contributed by atoms with Crippen LogP contribution in [-0.4, -0.2) is 45.7 Å². The molecule has 0 unspecified atom stereocenters. The number of hydrogen-bond acceptors (Lipinski definition) is 5. The number of nitrogens with zero attached hydrogens (tertiary/aromatic N) is 3. The van der Waals surface area contributed by atoms with Gasteiger partial charge < -0.3 is 14.7 Å². The van der Waals surface area contributed by atoms with Crippen LogP contribution >= 0.6 is 0 Å². The molecule has 1 aromatic heterocycles. The van der Waals surface area contributed by atoms with Gasteiger partial charge in [-0.15, -0.1) is 0 Å². The molecule has 1 amide bonds. The monoisotopic (exact) mass is 351 g/mol. The van der Waals surface area contributed by atoms with Crippen LogP contribution in [-0.2, 0) is 6.54 Å². The summed E-state index contributed by atoms with van der Waals surface area (Å²) in [6, 6.07) is 12.1. The van der Waals surface area contributed by atoms with E-state index < -0.39 is 0 Å². The zero-order chi connectivity index (χ0) is 18.3. The zero-order valence-electron chi connectivity index (χ0n) is 14.2. The fraction of sp³-hybridized carbons (Fsp3) is 0.211. The summed E-state index contributed by atoms with van der Waals surface area (Å²) in [5.74, 6) is 0.690. The van der Waals surface area contributed by atoms with E-state index in [9.17, 15) is 14.7 Å². The Hall–Kier alpha value is -3.19. The third kappa shape index (κ3) is 2.36. The molecule has 7 heteroatoms. The minimum absolute atomic E-state index is 0.122. The third-order valence-electron chi connectivity index (χ3n) is 4.52. The van der Waals surface area contributed by atoms with Crippen molar-refractivity contribution >= 4 is 16.8 Å². The summed E-state index contributed by atoms with van der Waals surface area (Å²) in [6.45, 7) is 0.110. The van der Waals surface area contributed by atoms with Crippen LogP contribution in [0.5, 0.6) is 5.75 Å². The molecular weight excluding hydrogens is 334 g/mol. The van der Waals surface area contributed by atoms with Crippen molar-refractivity contribution in [2.75, 3.05) is 20.3 Å². The highest BCUT2D eigenvalue weighted by Crippen LogP contribution is 2.26. The Labute approximate surface area is 149 Å². The summed E-state index contributed by atoms with van der Waals surface area (Å²) in [5, 5.41) is 9.75. The van der Waals surface area contributed by atoms with Crippen LogP contribution in [0.4, 0.5) is 0 Å². The SMILES string of the molecule is COc1cccc2c(=O)n3c(nc12)CN(CCO)C(=O)c1ccccc1-3. The van der Waals surface area contributed by atoms with E-state index in [0.717, 1.165) is 0 Å². The van der Waals surface area contributed by atoms with Gasteiger partial charge >= 0.3 is 0 Å². The number of benzene rings is 2. The molecule has 0 bridgehead atoms. The van der Waals surface area contributed by atoms with E-state index in [4.69, 9.17) is 4.74 Å². The number of rotatable bonds is 3. The highest BCUT2D eigenvalue weighted by atomic mass is 16.5. The van der Waals surface area contributed by atoms with Gasteiger partial charge in [0.1, 0.15) is 17.1 Å². The van der Waals surface area contributed by atoms with Crippen LogP contribution in [0.25, 0.3) is 16.6 Å². The van der Waals surface area contributed by atoms with E-state index in [-0.39, 0.29) is 31.2 Å². The van der Waals surface area contributed by atoms with Gasteiger partial charge in [0, 0.05) is 6.54 Å². The van der Waals surface area contributed by atoms with Gasteiger partial charge in [-0.05, 0) is 24.3 Å². The second-order valence-corrected chi connectivity index (χ2v) is 5.99. The zero-order valence-corrected chi connectivity index (χ0v) is 14.2. The topological polar surface area (TPSA) is 84.7 Å². The van der Waals surface area contributed by atoms with Crippen molar-refractivity contribution in [1.82, 2.24) is 14.5 Å². The van der Waals surface area contributed by atoms with Crippen LogP contribution in [0, 0.1) is 0 Å². The Morgan fingerprint density at radius 3 is 2.73 bits per heavy atom. The van der Waals surface area contributed by atoms with Gasteiger partial charge in [-0.2, -0.15) is 0 Å². The van der Waals surface area contributed by atoms with Gasteiger partial charge in [-0.25, -0.2) is 4.98 Å². The minimum atomic E-state index is -0.255. The van der Waals surface area contributed by atoms with Crippen molar-refractivity contribution in [3.8, 4) is 11.4 Å². The first-order valence-electron chi connectivity index (χ1n) is 8.24. The van der Waals surface area contributed by atoms with Crippen LogP contribution in [0.2, 0.25) is 0 Å². The quantitative estimate of drug-likeness (QED) is 0.770. The van der Waals surface area contributed by atoms with E-state index in [0.29, 0.717) is 33.7 Å².